The number of nitrogens with zero attached hydrogens (tertiary/aromatic N) is 2. The van der Waals surface area contributed by atoms with Crippen LogP contribution < -0.4 is 5.32 Å². The van der Waals surface area contributed by atoms with Crippen LogP contribution in [0.4, 0.5) is 0 Å². The highest BCUT2D eigenvalue weighted by molar-refractivity contribution is 5.08. The van der Waals surface area contributed by atoms with Crippen molar-refractivity contribution in [3.8, 4) is 0 Å². The van der Waals surface area contributed by atoms with Crippen LogP contribution in [0.25, 0.3) is 0 Å². The van der Waals surface area contributed by atoms with Gasteiger partial charge >= 0.3 is 0 Å². The van der Waals surface area contributed by atoms with Crippen molar-refractivity contribution < 1.29 is 0 Å². The molecule has 0 spiro atoms. The van der Waals surface area contributed by atoms with Gasteiger partial charge < -0.3 is 5.32 Å². The van der Waals surface area contributed by atoms with Gasteiger partial charge in [-0.05, 0) is 37.6 Å². The third-order valence-corrected chi connectivity index (χ3v) is 4.09. The van der Waals surface area contributed by atoms with Crippen molar-refractivity contribution in [2.24, 2.45) is 11.8 Å². The maximum absolute atomic E-state index is 4.58. The van der Waals surface area contributed by atoms with Gasteiger partial charge in [0.05, 0.1) is 0 Å². The standard InChI is InChI=1S/C16H27N3/c1-4-13-5-6-15(7-13)16-18-10-14(11-19-16)9-17-8-12(2)3/h10-13,15,17H,4-9H2,1-3H3. The highest BCUT2D eigenvalue weighted by atomic mass is 14.9. The molecule has 1 saturated carbocycles. The van der Waals surface area contributed by atoms with Gasteiger partial charge in [-0.15, -0.1) is 0 Å². The second-order valence-corrected chi connectivity index (χ2v) is 6.26. The molecule has 0 aromatic carbocycles. The molecule has 1 aliphatic carbocycles. The van der Waals surface area contributed by atoms with Crippen molar-refractivity contribution in [3.63, 3.8) is 0 Å². The van der Waals surface area contributed by atoms with Gasteiger partial charge in [0.25, 0.3) is 0 Å². The molecule has 0 amide bonds. The molecule has 2 rings (SSSR count). The lowest BCUT2D eigenvalue weighted by atomic mass is 10.0. The molecule has 1 aromatic heterocycles. The Labute approximate surface area is 117 Å². The van der Waals surface area contributed by atoms with Crippen LogP contribution in [0.2, 0.25) is 0 Å². The number of aromatic nitrogens is 2. The van der Waals surface area contributed by atoms with Gasteiger partial charge in [0.15, 0.2) is 0 Å². The molecule has 2 unspecified atom stereocenters. The average Bonchev–Trinajstić information content (AvgIpc) is 2.88. The summed E-state index contributed by atoms with van der Waals surface area (Å²) in [7, 11) is 0. The van der Waals surface area contributed by atoms with Crippen molar-refractivity contribution in [1.29, 1.82) is 0 Å². The molecule has 1 aliphatic rings. The van der Waals surface area contributed by atoms with E-state index in [9.17, 15) is 0 Å². The zero-order chi connectivity index (χ0) is 13.7. The first kappa shape index (κ1) is 14.4. The first-order valence-corrected chi connectivity index (χ1v) is 7.70. The van der Waals surface area contributed by atoms with Crippen LogP contribution in [0, 0.1) is 11.8 Å². The van der Waals surface area contributed by atoms with Crippen LogP contribution in [0.5, 0.6) is 0 Å². The number of hydrogen-bond donors (Lipinski definition) is 1. The van der Waals surface area contributed by atoms with Crippen LogP contribution in [-0.4, -0.2) is 16.5 Å². The topological polar surface area (TPSA) is 37.8 Å². The largest absolute Gasteiger partial charge is 0.312 e. The minimum Gasteiger partial charge on any atom is -0.312 e. The van der Waals surface area contributed by atoms with Crippen LogP contribution >= 0.6 is 0 Å². The maximum atomic E-state index is 4.58. The molecule has 106 valence electrons. The van der Waals surface area contributed by atoms with E-state index in [-0.39, 0.29) is 0 Å². The first-order chi connectivity index (χ1) is 9.19. The lowest BCUT2D eigenvalue weighted by Crippen LogP contribution is -2.19. The summed E-state index contributed by atoms with van der Waals surface area (Å²) in [5.41, 5.74) is 1.19. The average molecular weight is 261 g/mol. The second-order valence-electron chi connectivity index (χ2n) is 6.26. The SMILES string of the molecule is CCC1CCC(c2ncc(CNCC(C)C)cn2)C1. The molecule has 1 aromatic rings. The summed E-state index contributed by atoms with van der Waals surface area (Å²) in [4.78, 5) is 9.15. The second kappa shape index (κ2) is 6.99. The van der Waals surface area contributed by atoms with Gasteiger partial charge in [-0.2, -0.15) is 0 Å². The highest BCUT2D eigenvalue weighted by Gasteiger charge is 2.26. The molecule has 1 N–H and O–H groups in total. The molecule has 0 saturated heterocycles. The Morgan fingerprint density at radius 2 is 2.00 bits per heavy atom. The number of nitrogens with one attached hydrogen (secondary N) is 1. The Morgan fingerprint density at radius 1 is 1.26 bits per heavy atom. The van der Waals surface area contributed by atoms with E-state index in [0.29, 0.717) is 11.8 Å². The molecular weight excluding hydrogens is 234 g/mol. The summed E-state index contributed by atoms with van der Waals surface area (Å²) in [6.45, 7) is 8.65. The zero-order valence-corrected chi connectivity index (χ0v) is 12.5. The fourth-order valence-corrected chi connectivity index (χ4v) is 2.85. The van der Waals surface area contributed by atoms with Crippen molar-refractivity contribution in [3.05, 3.63) is 23.8 Å². The number of rotatable bonds is 6. The van der Waals surface area contributed by atoms with Crippen LogP contribution in [0.15, 0.2) is 12.4 Å². The normalized spacial score (nSPS) is 23.2. The predicted octanol–water partition coefficient (Wildman–Crippen LogP) is 3.52. The summed E-state index contributed by atoms with van der Waals surface area (Å²) in [6.07, 6.45) is 9.19. The van der Waals surface area contributed by atoms with Crippen molar-refractivity contribution in [2.75, 3.05) is 6.54 Å². The Kier molecular flexibility index (Phi) is 5.32. The molecule has 2 atom stereocenters. The van der Waals surface area contributed by atoms with E-state index in [1.54, 1.807) is 0 Å². The summed E-state index contributed by atoms with van der Waals surface area (Å²) in [5, 5.41) is 3.43. The third kappa shape index (κ3) is 4.27. The van der Waals surface area contributed by atoms with E-state index in [1.807, 2.05) is 12.4 Å². The van der Waals surface area contributed by atoms with E-state index in [0.717, 1.165) is 24.8 Å². The lowest BCUT2D eigenvalue weighted by molar-refractivity contribution is 0.516. The van der Waals surface area contributed by atoms with Gasteiger partial charge in [0, 0.05) is 30.4 Å². The monoisotopic (exact) mass is 261 g/mol. The molecule has 3 heteroatoms. The molecule has 0 aliphatic heterocycles. The minimum atomic E-state index is 0.600. The number of hydrogen-bond acceptors (Lipinski definition) is 3. The molecule has 0 radical (unpaired) electrons. The molecule has 1 heterocycles. The van der Waals surface area contributed by atoms with E-state index < -0.39 is 0 Å². The van der Waals surface area contributed by atoms with Gasteiger partial charge in [-0.3, -0.25) is 0 Å². The van der Waals surface area contributed by atoms with Crippen molar-refractivity contribution >= 4 is 0 Å². The van der Waals surface area contributed by atoms with E-state index in [2.05, 4.69) is 36.1 Å². The molecule has 0 bridgehead atoms. The smallest absolute Gasteiger partial charge is 0.131 e. The van der Waals surface area contributed by atoms with Gasteiger partial charge in [-0.1, -0.05) is 27.2 Å². The fraction of sp³-hybridized carbons (Fsp3) is 0.750. The van der Waals surface area contributed by atoms with Crippen LogP contribution in [-0.2, 0) is 6.54 Å². The van der Waals surface area contributed by atoms with E-state index >= 15 is 0 Å². The molecular formula is C16H27N3. The lowest BCUT2D eigenvalue weighted by Gasteiger charge is -2.10. The summed E-state index contributed by atoms with van der Waals surface area (Å²) in [6, 6.07) is 0. The van der Waals surface area contributed by atoms with Crippen molar-refractivity contribution in [1.82, 2.24) is 15.3 Å². The van der Waals surface area contributed by atoms with Crippen LogP contribution in [0.3, 0.4) is 0 Å². The predicted molar refractivity (Wildman–Crippen MR) is 78.9 cm³/mol. The van der Waals surface area contributed by atoms with Gasteiger partial charge in [0.1, 0.15) is 5.82 Å². The third-order valence-electron chi connectivity index (χ3n) is 4.09. The quantitative estimate of drug-likeness (QED) is 0.851. The highest BCUT2D eigenvalue weighted by Crippen LogP contribution is 2.37. The first-order valence-electron chi connectivity index (χ1n) is 7.70. The van der Waals surface area contributed by atoms with Gasteiger partial charge in [0.2, 0.25) is 0 Å². The summed E-state index contributed by atoms with van der Waals surface area (Å²) >= 11 is 0. The Bertz CT molecular complexity index is 372. The maximum Gasteiger partial charge on any atom is 0.131 e. The van der Waals surface area contributed by atoms with Crippen LogP contribution in [0.1, 0.15) is 63.8 Å². The Balaban J connectivity index is 1.84. The van der Waals surface area contributed by atoms with E-state index in [4.69, 9.17) is 0 Å². The fourth-order valence-electron chi connectivity index (χ4n) is 2.85. The molecule has 19 heavy (non-hydrogen) atoms. The van der Waals surface area contributed by atoms with E-state index in [1.165, 1.54) is 31.2 Å². The zero-order valence-electron chi connectivity index (χ0n) is 12.5. The molecule has 3 nitrogen and oxygen atoms in total. The molecule has 1 fully saturated rings. The van der Waals surface area contributed by atoms with Crippen molar-refractivity contribution in [2.45, 2.75) is 58.9 Å². The minimum absolute atomic E-state index is 0.600. The Morgan fingerprint density at radius 3 is 2.58 bits per heavy atom. The Hall–Kier alpha value is -0.960. The summed E-state index contributed by atoms with van der Waals surface area (Å²) < 4.78 is 0. The van der Waals surface area contributed by atoms with Gasteiger partial charge in [-0.25, -0.2) is 9.97 Å². The summed E-state index contributed by atoms with van der Waals surface area (Å²) in [5.74, 6) is 3.23.